The number of hydrogen-bond donors (Lipinski definition) is 0. The Kier molecular flexibility index (Phi) is 4.94. The standard InChI is InChI=1S/C20H20N2O4S/c1-13-5-4-6-15(9-13)25-12-19(24)26-11-14-10-18(23)22-16-7-2-3-8-17(16)27-20(22)21-14/h4-6,9-10H,2-3,7-8,11-12H2,1H3. The number of aromatic nitrogens is 2. The number of carbonyl (C=O) groups is 1. The molecule has 6 nitrogen and oxygen atoms in total. The maximum Gasteiger partial charge on any atom is 0.344 e. The number of fused-ring (bicyclic) bond motifs is 3. The van der Waals surface area contributed by atoms with Crippen molar-refractivity contribution in [3.8, 4) is 5.75 Å². The Hall–Kier alpha value is -2.67. The Labute approximate surface area is 160 Å². The van der Waals surface area contributed by atoms with Gasteiger partial charge in [0.1, 0.15) is 12.4 Å². The van der Waals surface area contributed by atoms with Crippen LogP contribution in [-0.4, -0.2) is 22.0 Å². The van der Waals surface area contributed by atoms with E-state index in [1.165, 1.54) is 10.9 Å². The summed E-state index contributed by atoms with van der Waals surface area (Å²) in [5, 5.41) is 0. The Balaban J connectivity index is 1.41. The van der Waals surface area contributed by atoms with Crippen LogP contribution in [0.4, 0.5) is 0 Å². The van der Waals surface area contributed by atoms with E-state index in [-0.39, 0.29) is 18.8 Å². The minimum atomic E-state index is -0.496. The van der Waals surface area contributed by atoms with Crippen LogP contribution in [0.2, 0.25) is 0 Å². The van der Waals surface area contributed by atoms with E-state index in [1.54, 1.807) is 21.8 Å². The van der Waals surface area contributed by atoms with Gasteiger partial charge in [-0.15, -0.1) is 11.3 Å². The maximum absolute atomic E-state index is 12.5. The normalized spacial score (nSPS) is 13.4. The number of ether oxygens (including phenoxy) is 2. The van der Waals surface area contributed by atoms with Gasteiger partial charge in [0.2, 0.25) is 0 Å². The molecule has 3 aromatic rings. The highest BCUT2D eigenvalue weighted by Crippen LogP contribution is 2.28. The molecule has 0 aliphatic heterocycles. The molecule has 0 saturated carbocycles. The van der Waals surface area contributed by atoms with Crippen LogP contribution in [-0.2, 0) is 29.0 Å². The molecule has 0 amide bonds. The molecule has 27 heavy (non-hydrogen) atoms. The van der Waals surface area contributed by atoms with Crippen molar-refractivity contribution in [2.24, 2.45) is 0 Å². The van der Waals surface area contributed by atoms with E-state index in [2.05, 4.69) is 4.98 Å². The zero-order valence-electron chi connectivity index (χ0n) is 15.1. The first-order valence-electron chi connectivity index (χ1n) is 8.98. The number of carbonyl (C=O) groups excluding carboxylic acids is 1. The highest BCUT2D eigenvalue weighted by molar-refractivity contribution is 7.17. The van der Waals surface area contributed by atoms with Crippen molar-refractivity contribution >= 4 is 22.3 Å². The van der Waals surface area contributed by atoms with E-state index < -0.39 is 5.97 Å². The number of nitrogens with zero attached hydrogens (tertiary/aromatic N) is 2. The van der Waals surface area contributed by atoms with Gasteiger partial charge in [0.05, 0.1) is 5.69 Å². The maximum atomic E-state index is 12.5. The summed E-state index contributed by atoms with van der Waals surface area (Å²) >= 11 is 1.56. The van der Waals surface area contributed by atoms with Gasteiger partial charge >= 0.3 is 5.97 Å². The average molecular weight is 384 g/mol. The third-order valence-corrected chi connectivity index (χ3v) is 5.68. The van der Waals surface area contributed by atoms with Crippen molar-refractivity contribution in [2.75, 3.05) is 6.61 Å². The van der Waals surface area contributed by atoms with E-state index in [9.17, 15) is 9.59 Å². The molecule has 1 aliphatic carbocycles. The number of aryl methyl sites for hydroxylation is 3. The van der Waals surface area contributed by atoms with Crippen molar-refractivity contribution < 1.29 is 14.3 Å². The monoisotopic (exact) mass is 384 g/mol. The molecule has 0 atom stereocenters. The third-order valence-electron chi connectivity index (χ3n) is 4.54. The minimum Gasteiger partial charge on any atom is -0.482 e. The molecule has 2 heterocycles. The second-order valence-electron chi connectivity index (χ2n) is 6.65. The van der Waals surface area contributed by atoms with Crippen molar-refractivity contribution in [3.63, 3.8) is 0 Å². The van der Waals surface area contributed by atoms with Gasteiger partial charge < -0.3 is 9.47 Å². The predicted molar refractivity (Wildman–Crippen MR) is 102 cm³/mol. The lowest BCUT2D eigenvalue weighted by Gasteiger charge is -2.10. The van der Waals surface area contributed by atoms with Crippen LogP contribution >= 0.6 is 11.3 Å². The van der Waals surface area contributed by atoms with Gasteiger partial charge in [-0.1, -0.05) is 12.1 Å². The SMILES string of the molecule is Cc1cccc(OCC(=O)OCc2cc(=O)n3c4c(sc3n2)CCCC4)c1. The molecule has 4 rings (SSSR count). The van der Waals surface area contributed by atoms with Crippen molar-refractivity contribution in [2.45, 2.75) is 39.2 Å². The van der Waals surface area contributed by atoms with Gasteiger partial charge in [-0.05, 0) is 50.3 Å². The highest BCUT2D eigenvalue weighted by Gasteiger charge is 2.18. The molecule has 1 aromatic carbocycles. The molecule has 2 aromatic heterocycles. The summed E-state index contributed by atoms with van der Waals surface area (Å²) in [6.45, 7) is 1.73. The summed E-state index contributed by atoms with van der Waals surface area (Å²) in [7, 11) is 0. The van der Waals surface area contributed by atoms with Gasteiger partial charge in [-0.3, -0.25) is 9.20 Å². The Morgan fingerprint density at radius 3 is 2.96 bits per heavy atom. The van der Waals surface area contributed by atoms with Crippen molar-refractivity contribution in [3.05, 3.63) is 62.5 Å². The summed E-state index contributed by atoms with van der Waals surface area (Å²) in [6.07, 6.45) is 4.18. The lowest BCUT2D eigenvalue weighted by molar-refractivity contribution is -0.147. The topological polar surface area (TPSA) is 69.9 Å². The van der Waals surface area contributed by atoms with Crippen molar-refractivity contribution in [1.82, 2.24) is 9.38 Å². The van der Waals surface area contributed by atoms with Crippen molar-refractivity contribution in [1.29, 1.82) is 0 Å². The first kappa shape index (κ1) is 17.7. The number of rotatable bonds is 5. The highest BCUT2D eigenvalue weighted by atomic mass is 32.1. The molecule has 7 heteroatoms. The largest absolute Gasteiger partial charge is 0.482 e. The average Bonchev–Trinajstić information content (AvgIpc) is 3.03. The number of thiazole rings is 1. The van der Waals surface area contributed by atoms with E-state index in [4.69, 9.17) is 9.47 Å². The van der Waals surface area contributed by atoms with Gasteiger partial charge in [0.25, 0.3) is 5.56 Å². The Morgan fingerprint density at radius 2 is 2.11 bits per heavy atom. The minimum absolute atomic E-state index is 0.0374. The Morgan fingerprint density at radius 1 is 1.26 bits per heavy atom. The van der Waals surface area contributed by atoms with Crippen LogP contribution in [0.5, 0.6) is 5.75 Å². The molecule has 0 spiro atoms. The predicted octanol–water partition coefficient (Wildman–Crippen LogP) is 3.07. The summed E-state index contributed by atoms with van der Waals surface area (Å²) in [6, 6.07) is 8.90. The van der Waals surface area contributed by atoms with Gasteiger partial charge in [0.15, 0.2) is 11.6 Å². The fourth-order valence-corrected chi connectivity index (χ4v) is 4.49. The molecule has 0 bridgehead atoms. The second-order valence-corrected chi connectivity index (χ2v) is 7.71. The van der Waals surface area contributed by atoms with Crippen LogP contribution in [0.25, 0.3) is 4.96 Å². The zero-order chi connectivity index (χ0) is 18.8. The lowest BCUT2D eigenvalue weighted by atomic mass is 10.0. The fourth-order valence-electron chi connectivity index (χ4n) is 3.26. The van der Waals surface area contributed by atoms with E-state index in [0.717, 1.165) is 36.9 Å². The van der Waals surface area contributed by atoms with Gasteiger partial charge in [0, 0.05) is 16.6 Å². The second kappa shape index (κ2) is 7.52. The summed E-state index contributed by atoms with van der Waals surface area (Å²) < 4.78 is 12.3. The fraction of sp³-hybridized carbons (Fsp3) is 0.350. The molecule has 140 valence electrons. The number of hydrogen-bond acceptors (Lipinski definition) is 6. The number of benzene rings is 1. The Bertz CT molecular complexity index is 1050. The molecule has 0 radical (unpaired) electrons. The lowest BCUT2D eigenvalue weighted by Crippen LogP contribution is -2.19. The van der Waals surface area contributed by atoms with Gasteiger partial charge in [-0.2, -0.15) is 0 Å². The third kappa shape index (κ3) is 3.88. The molecular formula is C20H20N2O4S. The summed E-state index contributed by atoms with van der Waals surface area (Å²) in [5.41, 5.74) is 2.50. The summed E-state index contributed by atoms with van der Waals surface area (Å²) in [4.78, 5) is 30.8. The molecular weight excluding hydrogens is 364 g/mol. The summed E-state index contributed by atoms with van der Waals surface area (Å²) in [5.74, 6) is 0.123. The first-order valence-corrected chi connectivity index (χ1v) is 9.80. The zero-order valence-corrected chi connectivity index (χ0v) is 15.9. The van der Waals surface area contributed by atoms with Crippen LogP contribution < -0.4 is 10.3 Å². The van der Waals surface area contributed by atoms with E-state index in [0.29, 0.717) is 16.4 Å². The van der Waals surface area contributed by atoms with E-state index >= 15 is 0 Å². The van der Waals surface area contributed by atoms with Crippen LogP contribution in [0.15, 0.2) is 35.1 Å². The van der Waals surface area contributed by atoms with E-state index in [1.807, 2.05) is 25.1 Å². The van der Waals surface area contributed by atoms with Gasteiger partial charge in [-0.25, -0.2) is 9.78 Å². The quantitative estimate of drug-likeness (QED) is 0.633. The molecule has 0 fully saturated rings. The number of esters is 1. The molecule has 0 saturated heterocycles. The molecule has 1 aliphatic rings. The smallest absolute Gasteiger partial charge is 0.344 e. The molecule has 0 N–H and O–H groups in total. The van der Waals surface area contributed by atoms with Crippen LogP contribution in [0.3, 0.4) is 0 Å². The first-order chi connectivity index (χ1) is 13.1. The molecule has 0 unspecified atom stereocenters. The van der Waals surface area contributed by atoms with Crippen LogP contribution in [0, 0.1) is 6.92 Å². The van der Waals surface area contributed by atoms with Crippen LogP contribution in [0.1, 0.15) is 34.7 Å².